The van der Waals surface area contributed by atoms with E-state index in [1.54, 1.807) is 11.1 Å². The lowest BCUT2D eigenvalue weighted by Crippen LogP contribution is -2.02. The first-order valence-corrected chi connectivity index (χ1v) is 10.9. The lowest BCUT2D eigenvalue weighted by atomic mass is 9.86. The molecular formula is C32H62. The van der Waals surface area contributed by atoms with Crippen molar-refractivity contribution < 1.29 is 0 Å². The fourth-order valence-electron chi connectivity index (χ4n) is 4.09. The Morgan fingerprint density at radius 1 is 0.438 bits per heavy atom. The van der Waals surface area contributed by atoms with E-state index in [9.17, 15) is 0 Å². The summed E-state index contributed by atoms with van der Waals surface area (Å²) in [4.78, 5) is 0. The minimum absolute atomic E-state index is 0. The molecule has 0 nitrogen and oxygen atoms in total. The molecule has 0 aliphatic heterocycles. The Bertz CT molecular complexity index is 504. The summed E-state index contributed by atoms with van der Waals surface area (Å²) in [5.41, 5.74) is 3.10. The highest BCUT2D eigenvalue weighted by molar-refractivity contribution is 5.20. The summed E-state index contributed by atoms with van der Waals surface area (Å²) in [5, 5.41) is 0. The van der Waals surface area contributed by atoms with E-state index >= 15 is 0 Å². The van der Waals surface area contributed by atoms with Crippen LogP contribution >= 0.6 is 0 Å². The molecule has 0 N–H and O–H groups in total. The van der Waals surface area contributed by atoms with Crippen LogP contribution in [-0.2, 0) is 0 Å². The third-order valence-electron chi connectivity index (χ3n) is 5.71. The van der Waals surface area contributed by atoms with Gasteiger partial charge in [-0.25, -0.2) is 0 Å². The van der Waals surface area contributed by atoms with Gasteiger partial charge >= 0.3 is 0 Å². The maximum Gasteiger partial charge on any atom is -0.0162 e. The van der Waals surface area contributed by atoms with Gasteiger partial charge in [-0.3, -0.25) is 0 Å². The number of unbranched alkanes of at least 4 members (excludes halogenated alkanes) is 3. The van der Waals surface area contributed by atoms with Gasteiger partial charge in [0.25, 0.3) is 0 Å². The Morgan fingerprint density at radius 3 is 1.00 bits per heavy atom. The molecule has 2 aromatic rings. The first kappa shape index (κ1) is 40.8. The van der Waals surface area contributed by atoms with Gasteiger partial charge in [-0.2, -0.15) is 0 Å². The fraction of sp³-hybridized carbons (Fsp3) is 0.625. The van der Waals surface area contributed by atoms with Crippen LogP contribution < -0.4 is 0 Å². The predicted octanol–water partition coefficient (Wildman–Crippen LogP) is 12.3. The summed E-state index contributed by atoms with van der Waals surface area (Å²) in [5.74, 6) is 1.50. The molecule has 0 aliphatic carbocycles. The molecule has 0 aliphatic rings. The normalized spacial score (nSPS) is 10.9. The zero-order valence-electron chi connectivity index (χ0n) is 17.0. The summed E-state index contributed by atoms with van der Waals surface area (Å²) < 4.78 is 0. The maximum absolute atomic E-state index is 2.33. The molecule has 0 bridgehead atoms. The summed E-state index contributed by atoms with van der Waals surface area (Å²) in [6.07, 6.45) is 13.4. The van der Waals surface area contributed by atoms with Crippen LogP contribution in [0.15, 0.2) is 60.7 Å². The Morgan fingerprint density at radius 2 is 0.719 bits per heavy atom. The molecule has 190 valence electrons. The Balaban J connectivity index is -0.000000405. The molecule has 2 atom stereocenters. The molecule has 2 unspecified atom stereocenters. The van der Waals surface area contributed by atoms with Crippen LogP contribution in [0.3, 0.4) is 0 Å². The fourth-order valence-corrected chi connectivity index (χ4v) is 4.09. The van der Waals surface area contributed by atoms with Crippen LogP contribution in [0.1, 0.15) is 146 Å². The minimum Gasteiger partial charge on any atom is -0.0776 e. The Kier molecular flexibility index (Phi) is 32.7. The molecule has 0 spiro atoms. The van der Waals surface area contributed by atoms with Crippen molar-refractivity contribution in [3.05, 3.63) is 71.8 Å². The van der Waals surface area contributed by atoms with E-state index in [0.29, 0.717) is 0 Å². The van der Waals surface area contributed by atoms with E-state index in [1.807, 2.05) is 0 Å². The molecule has 0 heterocycles. The zero-order chi connectivity index (χ0) is 18.5. The van der Waals surface area contributed by atoms with Gasteiger partial charge in [0.15, 0.2) is 0 Å². The second-order valence-corrected chi connectivity index (χ2v) is 7.78. The smallest absolute Gasteiger partial charge is 0.0162 e. The molecule has 0 saturated heterocycles. The molecule has 0 heteroatoms. The number of hydrogen-bond donors (Lipinski definition) is 0. The standard InChI is InChI=1S/C26H38.6CH4/c1-3-5-15-23(25-17-9-7-10-18-25)21-13-14-22-24(16-6-4-2)26-19-11-8-12-20-26;;;;;;/h7-12,17-20,23-24H,3-6,13-16,21-22H2,1-2H3;6*1H4. The molecule has 0 fully saturated rings. The number of rotatable bonds is 13. The van der Waals surface area contributed by atoms with Crippen molar-refractivity contribution in [2.24, 2.45) is 0 Å². The highest BCUT2D eigenvalue weighted by Crippen LogP contribution is 2.31. The molecule has 2 aromatic carbocycles. The number of benzene rings is 2. The van der Waals surface area contributed by atoms with Crippen LogP contribution in [0.4, 0.5) is 0 Å². The zero-order valence-corrected chi connectivity index (χ0v) is 17.0. The quantitative estimate of drug-likeness (QED) is 0.268. The van der Waals surface area contributed by atoms with Gasteiger partial charge in [0.1, 0.15) is 0 Å². The third-order valence-corrected chi connectivity index (χ3v) is 5.71. The van der Waals surface area contributed by atoms with E-state index in [1.165, 1.54) is 64.2 Å². The van der Waals surface area contributed by atoms with Gasteiger partial charge in [0.2, 0.25) is 0 Å². The van der Waals surface area contributed by atoms with Crippen molar-refractivity contribution >= 4 is 0 Å². The predicted molar refractivity (Wildman–Crippen MR) is 156 cm³/mol. The average molecular weight is 447 g/mol. The van der Waals surface area contributed by atoms with Crippen LogP contribution in [0.5, 0.6) is 0 Å². The van der Waals surface area contributed by atoms with Crippen molar-refractivity contribution in [3.63, 3.8) is 0 Å². The molecule has 2 rings (SSSR count). The minimum atomic E-state index is 0. The highest BCUT2D eigenvalue weighted by Gasteiger charge is 2.13. The summed E-state index contributed by atoms with van der Waals surface area (Å²) >= 11 is 0. The van der Waals surface area contributed by atoms with Gasteiger partial charge in [0, 0.05) is 0 Å². The summed E-state index contributed by atoms with van der Waals surface area (Å²) in [7, 11) is 0. The van der Waals surface area contributed by atoms with Crippen LogP contribution in [0.2, 0.25) is 0 Å². The average Bonchev–Trinajstić information content (AvgIpc) is 2.71. The van der Waals surface area contributed by atoms with Crippen molar-refractivity contribution in [3.8, 4) is 0 Å². The molecule has 0 amide bonds. The largest absolute Gasteiger partial charge is 0.0776 e. The molecule has 0 radical (unpaired) electrons. The van der Waals surface area contributed by atoms with Crippen molar-refractivity contribution in [1.29, 1.82) is 0 Å². The third kappa shape index (κ3) is 15.3. The van der Waals surface area contributed by atoms with Gasteiger partial charge in [-0.1, -0.05) is 158 Å². The van der Waals surface area contributed by atoms with Gasteiger partial charge in [0.05, 0.1) is 0 Å². The summed E-state index contributed by atoms with van der Waals surface area (Å²) in [6.45, 7) is 4.61. The highest BCUT2D eigenvalue weighted by atomic mass is 14.2. The van der Waals surface area contributed by atoms with Crippen LogP contribution in [0, 0.1) is 0 Å². The molecule has 0 aromatic heterocycles. The second kappa shape index (κ2) is 25.7. The molecular weight excluding hydrogens is 384 g/mol. The van der Waals surface area contributed by atoms with E-state index in [2.05, 4.69) is 74.5 Å². The lowest BCUT2D eigenvalue weighted by Gasteiger charge is -2.20. The topological polar surface area (TPSA) is 0 Å². The SMILES string of the molecule is C.C.C.C.C.C.CCCCC(CCCCC(CCCC)c1ccccc1)c1ccccc1. The second-order valence-electron chi connectivity index (χ2n) is 7.78. The van der Waals surface area contributed by atoms with E-state index in [4.69, 9.17) is 0 Å². The van der Waals surface area contributed by atoms with E-state index < -0.39 is 0 Å². The van der Waals surface area contributed by atoms with Crippen molar-refractivity contribution in [1.82, 2.24) is 0 Å². The first-order valence-electron chi connectivity index (χ1n) is 10.9. The Labute approximate surface area is 206 Å². The monoisotopic (exact) mass is 446 g/mol. The van der Waals surface area contributed by atoms with E-state index in [-0.39, 0.29) is 44.6 Å². The molecule has 32 heavy (non-hydrogen) atoms. The van der Waals surface area contributed by atoms with Crippen molar-refractivity contribution in [2.45, 2.75) is 134 Å². The first-order chi connectivity index (χ1) is 12.8. The maximum atomic E-state index is 2.33. The Hall–Kier alpha value is -1.56. The van der Waals surface area contributed by atoms with E-state index in [0.717, 1.165) is 11.8 Å². The van der Waals surface area contributed by atoms with Crippen LogP contribution in [0.25, 0.3) is 0 Å². The number of hydrogen-bond acceptors (Lipinski definition) is 0. The summed E-state index contributed by atoms with van der Waals surface area (Å²) in [6, 6.07) is 22.4. The molecule has 0 saturated carbocycles. The lowest BCUT2D eigenvalue weighted by molar-refractivity contribution is 0.475. The van der Waals surface area contributed by atoms with Gasteiger partial charge in [-0.05, 0) is 48.6 Å². The van der Waals surface area contributed by atoms with Crippen LogP contribution in [-0.4, -0.2) is 0 Å². The van der Waals surface area contributed by atoms with Crippen molar-refractivity contribution in [2.75, 3.05) is 0 Å². The van der Waals surface area contributed by atoms with Gasteiger partial charge < -0.3 is 0 Å². The van der Waals surface area contributed by atoms with Gasteiger partial charge in [-0.15, -0.1) is 0 Å².